The number of nitrogens with zero attached hydrogens (tertiary/aromatic N) is 2. The molecule has 0 spiro atoms. The van der Waals surface area contributed by atoms with Gasteiger partial charge in [0.05, 0.1) is 11.2 Å². The van der Waals surface area contributed by atoms with Gasteiger partial charge in [-0.05, 0) is 30.2 Å². The molecule has 1 N–H and O–H groups in total. The Labute approximate surface area is 126 Å². The minimum atomic E-state index is -0.0495. The number of hydrogen-bond acceptors (Lipinski definition) is 5. The predicted molar refractivity (Wildman–Crippen MR) is 79.3 cm³/mol. The van der Waals surface area contributed by atoms with Crippen LogP contribution in [0.15, 0.2) is 28.8 Å². The van der Waals surface area contributed by atoms with Crippen LogP contribution >= 0.6 is 11.8 Å². The van der Waals surface area contributed by atoms with E-state index in [0.29, 0.717) is 23.2 Å². The first-order valence-corrected chi connectivity index (χ1v) is 8.20. The maximum absolute atomic E-state index is 11.9. The summed E-state index contributed by atoms with van der Waals surface area (Å²) in [6, 6.07) is 7.61. The molecule has 21 heavy (non-hydrogen) atoms. The van der Waals surface area contributed by atoms with Crippen molar-refractivity contribution in [3.8, 4) is 0 Å². The quantitative estimate of drug-likeness (QED) is 0.923. The summed E-state index contributed by atoms with van der Waals surface area (Å²) in [5.41, 5.74) is 1.67. The smallest absolute Gasteiger partial charge is 0.251 e. The third-order valence-electron chi connectivity index (χ3n) is 4.02. The molecule has 4 rings (SSSR count). The number of rotatable bonds is 2. The first-order valence-electron chi connectivity index (χ1n) is 7.15. The summed E-state index contributed by atoms with van der Waals surface area (Å²) >= 11 is 1.89. The Hall–Kier alpha value is -1.82. The fourth-order valence-corrected chi connectivity index (χ4v) is 4.12. The van der Waals surface area contributed by atoms with Crippen molar-refractivity contribution in [3.63, 3.8) is 0 Å². The van der Waals surface area contributed by atoms with Crippen LogP contribution in [-0.4, -0.2) is 28.3 Å². The predicted octanol–water partition coefficient (Wildman–Crippen LogP) is 2.51. The monoisotopic (exact) mass is 301 g/mol. The van der Waals surface area contributed by atoms with Crippen molar-refractivity contribution in [1.82, 2.24) is 15.5 Å². The van der Waals surface area contributed by atoms with Gasteiger partial charge in [0.15, 0.2) is 5.82 Å². The number of nitrogens with one attached hydrogen (secondary N) is 1. The molecule has 2 atom stereocenters. The zero-order valence-electron chi connectivity index (χ0n) is 11.4. The SMILES string of the molecule is O=C1NCC(c2nc(C3CCCS3)no2)c2ccccc21. The molecule has 5 nitrogen and oxygen atoms in total. The second-order valence-electron chi connectivity index (χ2n) is 5.34. The van der Waals surface area contributed by atoms with Crippen LogP contribution in [0.1, 0.15) is 51.6 Å². The lowest BCUT2D eigenvalue weighted by Crippen LogP contribution is -2.35. The Bertz CT molecular complexity index is 679. The average Bonchev–Trinajstić information content (AvgIpc) is 3.19. The number of thioether (sulfide) groups is 1. The molecule has 6 heteroatoms. The summed E-state index contributed by atoms with van der Waals surface area (Å²) in [4.78, 5) is 16.5. The summed E-state index contributed by atoms with van der Waals surface area (Å²) in [6.45, 7) is 0.509. The molecule has 108 valence electrons. The molecule has 1 fully saturated rings. The zero-order chi connectivity index (χ0) is 14.2. The molecule has 1 amide bonds. The third kappa shape index (κ3) is 2.23. The Morgan fingerprint density at radius 1 is 1.33 bits per heavy atom. The number of benzene rings is 1. The highest BCUT2D eigenvalue weighted by Gasteiger charge is 2.31. The van der Waals surface area contributed by atoms with Crippen molar-refractivity contribution < 1.29 is 9.32 Å². The molecule has 1 aromatic carbocycles. The molecule has 0 aliphatic carbocycles. The molecule has 0 bridgehead atoms. The van der Waals surface area contributed by atoms with E-state index in [2.05, 4.69) is 15.5 Å². The van der Waals surface area contributed by atoms with Gasteiger partial charge < -0.3 is 9.84 Å². The molecular formula is C15H15N3O2S. The molecule has 2 unspecified atom stereocenters. The molecule has 2 aromatic rings. The summed E-state index contributed by atoms with van der Waals surface area (Å²) < 4.78 is 5.48. The van der Waals surface area contributed by atoms with Crippen LogP contribution in [0, 0.1) is 0 Å². The standard InChI is InChI=1S/C15H15N3O2S/c19-14-10-5-2-1-4-9(10)11(8-16-14)15-17-13(18-20-15)12-6-3-7-21-12/h1-2,4-5,11-12H,3,6-8H2,(H,16,19). The van der Waals surface area contributed by atoms with E-state index in [1.807, 2.05) is 36.0 Å². The number of fused-ring (bicyclic) bond motifs is 1. The van der Waals surface area contributed by atoms with Crippen LogP contribution in [0.3, 0.4) is 0 Å². The number of aromatic nitrogens is 2. The van der Waals surface area contributed by atoms with Gasteiger partial charge in [0, 0.05) is 12.1 Å². The Balaban J connectivity index is 1.68. The van der Waals surface area contributed by atoms with Crippen molar-refractivity contribution in [1.29, 1.82) is 0 Å². The topological polar surface area (TPSA) is 68.0 Å². The third-order valence-corrected chi connectivity index (χ3v) is 5.39. The number of carbonyl (C=O) groups is 1. The molecule has 1 saturated heterocycles. The van der Waals surface area contributed by atoms with Gasteiger partial charge in [0.1, 0.15) is 0 Å². The van der Waals surface area contributed by atoms with E-state index in [4.69, 9.17) is 4.52 Å². The highest BCUT2D eigenvalue weighted by atomic mass is 32.2. The van der Waals surface area contributed by atoms with Crippen LogP contribution in [0.4, 0.5) is 0 Å². The summed E-state index contributed by atoms with van der Waals surface area (Å²) in [5.74, 6) is 2.47. The van der Waals surface area contributed by atoms with Gasteiger partial charge in [-0.15, -0.1) is 0 Å². The molecular weight excluding hydrogens is 286 g/mol. The maximum Gasteiger partial charge on any atom is 0.251 e. The fourth-order valence-electron chi connectivity index (χ4n) is 2.93. The van der Waals surface area contributed by atoms with E-state index in [0.717, 1.165) is 23.6 Å². The minimum Gasteiger partial charge on any atom is -0.351 e. The fraction of sp³-hybridized carbons (Fsp3) is 0.400. The maximum atomic E-state index is 11.9. The van der Waals surface area contributed by atoms with Gasteiger partial charge in [0.2, 0.25) is 5.89 Å². The van der Waals surface area contributed by atoms with Crippen molar-refractivity contribution in [2.24, 2.45) is 0 Å². The highest BCUT2D eigenvalue weighted by Crippen LogP contribution is 2.39. The first-order chi connectivity index (χ1) is 10.3. The normalized spacial score (nSPS) is 24.7. The highest BCUT2D eigenvalue weighted by molar-refractivity contribution is 7.99. The first kappa shape index (κ1) is 12.9. The van der Waals surface area contributed by atoms with Crippen LogP contribution in [0.5, 0.6) is 0 Å². The Morgan fingerprint density at radius 3 is 3.10 bits per heavy atom. The summed E-state index contributed by atoms with van der Waals surface area (Å²) in [6.07, 6.45) is 2.32. The zero-order valence-corrected chi connectivity index (χ0v) is 12.2. The lowest BCUT2D eigenvalue weighted by molar-refractivity contribution is 0.0940. The van der Waals surface area contributed by atoms with Crippen LogP contribution < -0.4 is 5.32 Å². The van der Waals surface area contributed by atoms with Crippen molar-refractivity contribution >= 4 is 17.7 Å². The minimum absolute atomic E-state index is 0.0343. The van der Waals surface area contributed by atoms with Crippen LogP contribution in [0.2, 0.25) is 0 Å². The van der Waals surface area contributed by atoms with E-state index >= 15 is 0 Å². The van der Waals surface area contributed by atoms with Crippen molar-refractivity contribution in [3.05, 3.63) is 47.1 Å². The van der Waals surface area contributed by atoms with E-state index in [-0.39, 0.29) is 11.8 Å². The van der Waals surface area contributed by atoms with Crippen molar-refractivity contribution in [2.45, 2.75) is 24.0 Å². The van der Waals surface area contributed by atoms with Crippen molar-refractivity contribution in [2.75, 3.05) is 12.3 Å². The van der Waals surface area contributed by atoms with Gasteiger partial charge in [-0.1, -0.05) is 23.4 Å². The average molecular weight is 301 g/mol. The number of carbonyl (C=O) groups excluding carboxylic acids is 1. The molecule has 1 aromatic heterocycles. The van der Waals surface area contributed by atoms with Gasteiger partial charge >= 0.3 is 0 Å². The van der Waals surface area contributed by atoms with E-state index in [1.165, 1.54) is 6.42 Å². The molecule has 0 saturated carbocycles. The van der Waals surface area contributed by atoms with Gasteiger partial charge in [0.25, 0.3) is 5.91 Å². The number of hydrogen-bond donors (Lipinski definition) is 1. The summed E-state index contributed by atoms with van der Waals surface area (Å²) in [5, 5.41) is 7.40. The molecule has 2 aliphatic heterocycles. The van der Waals surface area contributed by atoms with E-state index in [9.17, 15) is 4.79 Å². The Morgan fingerprint density at radius 2 is 2.24 bits per heavy atom. The van der Waals surface area contributed by atoms with Crippen LogP contribution in [-0.2, 0) is 0 Å². The lowest BCUT2D eigenvalue weighted by Gasteiger charge is -2.22. The van der Waals surface area contributed by atoms with Crippen LogP contribution in [0.25, 0.3) is 0 Å². The summed E-state index contributed by atoms with van der Waals surface area (Å²) in [7, 11) is 0. The molecule has 0 radical (unpaired) electrons. The largest absolute Gasteiger partial charge is 0.351 e. The lowest BCUT2D eigenvalue weighted by atomic mass is 9.90. The Kier molecular flexibility index (Phi) is 3.18. The van der Waals surface area contributed by atoms with Gasteiger partial charge in [-0.3, -0.25) is 4.79 Å². The van der Waals surface area contributed by atoms with E-state index in [1.54, 1.807) is 0 Å². The second kappa shape index (κ2) is 5.18. The number of amides is 1. The van der Waals surface area contributed by atoms with Gasteiger partial charge in [-0.2, -0.15) is 16.7 Å². The van der Waals surface area contributed by atoms with Gasteiger partial charge in [-0.25, -0.2) is 0 Å². The molecule has 3 heterocycles. The molecule has 2 aliphatic rings. The van der Waals surface area contributed by atoms with E-state index < -0.39 is 0 Å². The second-order valence-corrected chi connectivity index (χ2v) is 6.65.